The molecule has 0 unspecified atom stereocenters. The van der Waals surface area contributed by atoms with Crippen molar-refractivity contribution in [2.24, 2.45) is 0 Å². The second kappa shape index (κ2) is 8.42. The molecule has 0 saturated heterocycles. The molecule has 5 heteroatoms. The summed E-state index contributed by atoms with van der Waals surface area (Å²) < 4.78 is 12.3. The summed E-state index contributed by atoms with van der Waals surface area (Å²) in [5.41, 5.74) is 2.21. The Hall–Kier alpha value is -1.23. The SMILES string of the molecule is CNCc1ccc(OCCOc2ccc(Cl)c(C)c2)c(Br)c1. The minimum absolute atomic E-state index is 0.478. The molecule has 0 heterocycles. The van der Waals surface area contributed by atoms with Crippen molar-refractivity contribution in [2.45, 2.75) is 13.5 Å². The zero-order valence-corrected chi connectivity index (χ0v) is 15.0. The van der Waals surface area contributed by atoms with Crippen LogP contribution in [0.5, 0.6) is 11.5 Å². The van der Waals surface area contributed by atoms with Gasteiger partial charge in [0.05, 0.1) is 4.47 Å². The van der Waals surface area contributed by atoms with Crippen molar-refractivity contribution < 1.29 is 9.47 Å². The summed E-state index contributed by atoms with van der Waals surface area (Å²) in [6.07, 6.45) is 0. The maximum Gasteiger partial charge on any atom is 0.133 e. The molecule has 0 fully saturated rings. The summed E-state index contributed by atoms with van der Waals surface area (Å²) in [7, 11) is 1.92. The van der Waals surface area contributed by atoms with E-state index in [-0.39, 0.29) is 0 Å². The second-order valence-corrected chi connectivity index (χ2v) is 6.16. The third kappa shape index (κ3) is 4.90. The number of benzene rings is 2. The van der Waals surface area contributed by atoms with Gasteiger partial charge < -0.3 is 14.8 Å². The first kappa shape index (κ1) is 17.1. The Balaban J connectivity index is 1.82. The van der Waals surface area contributed by atoms with E-state index in [4.69, 9.17) is 21.1 Å². The maximum absolute atomic E-state index is 5.98. The number of halogens is 2. The normalized spacial score (nSPS) is 10.5. The van der Waals surface area contributed by atoms with E-state index in [1.54, 1.807) is 0 Å². The summed E-state index contributed by atoms with van der Waals surface area (Å²) in [6, 6.07) is 11.7. The standard InChI is InChI=1S/C17H19BrClNO2/c1-12-9-14(4-5-16(12)19)21-7-8-22-17-6-3-13(11-20-2)10-15(17)18/h3-6,9-10,20H,7-8,11H2,1-2H3. The Kier molecular flexibility index (Phi) is 6.55. The van der Waals surface area contributed by atoms with E-state index >= 15 is 0 Å². The van der Waals surface area contributed by atoms with Crippen LogP contribution in [-0.2, 0) is 6.54 Å². The number of ether oxygens (including phenoxy) is 2. The fourth-order valence-corrected chi connectivity index (χ4v) is 2.65. The van der Waals surface area contributed by atoms with Gasteiger partial charge in [0.2, 0.25) is 0 Å². The minimum atomic E-state index is 0.478. The fraction of sp³-hybridized carbons (Fsp3) is 0.294. The van der Waals surface area contributed by atoms with Crippen molar-refractivity contribution in [1.82, 2.24) is 5.32 Å². The lowest BCUT2D eigenvalue weighted by molar-refractivity contribution is 0.216. The molecule has 0 saturated carbocycles. The Morgan fingerprint density at radius 2 is 1.86 bits per heavy atom. The van der Waals surface area contributed by atoms with Gasteiger partial charge in [-0.25, -0.2) is 0 Å². The van der Waals surface area contributed by atoms with Crippen molar-refractivity contribution in [3.63, 3.8) is 0 Å². The zero-order valence-electron chi connectivity index (χ0n) is 12.7. The van der Waals surface area contributed by atoms with Crippen molar-refractivity contribution >= 4 is 27.5 Å². The quantitative estimate of drug-likeness (QED) is 0.708. The average Bonchev–Trinajstić information content (AvgIpc) is 2.49. The molecule has 118 valence electrons. The molecule has 2 aromatic rings. The van der Waals surface area contributed by atoms with E-state index in [1.807, 2.05) is 44.3 Å². The second-order valence-electron chi connectivity index (χ2n) is 4.90. The molecule has 2 rings (SSSR count). The van der Waals surface area contributed by atoms with Gasteiger partial charge in [-0.2, -0.15) is 0 Å². The van der Waals surface area contributed by atoms with E-state index < -0.39 is 0 Å². The van der Waals surface area contributed by atoms with E-state index in [9.17, 15) is 0 Å². The summed E-state index contributed by atoms with van der Waals surface area (Å²) in [4.78, 5) is 0. The van der Waals surface area contributed by atoms with Gasteiger partial charge in [0.1, 0.15) is 24.7 Å². The fourth-order valence-electron chi connectivity index (χ4n) is 1.99. The van der Waals surface area contributed by atoms with Crippen LogP contribution in [0.2, 0.25) is 5.02 Å². The first-order valence-electron chi connectivity index (χ1n) is 7.05. The van der Waals surface area contributed by atoms with Crippen molar-refractivity contribution in [1.29, 1.82) is 0 Å². The van der Waals surface area contributed by atoms with E-state index in [2.05, 4.69) is 27.3 Å². The first-order chi connectivity index (χ1) is 10.6. The highest BCUT2D eigenvalue weighted by Gasteiger charge is 2.03. The lowest BCUT2D eigenvalue weighted by Gasteiger charge is -2.11. The van der Waals surface area contributed by atoms with Gasteiger partial charge in [0.25, 0.3) is 0 Å². The third-order valence-corrected chi connectivity index (χ3v) is 4.16. The van der Waals surface area contributed by atoms with Crippen molar-refractivity contribution in [2.75, 3.05) is 20.3 Å². The van der Waals surface area contributed by atoms with Gasteiger partial charge in [0, 0.05) is 11.6 Å². The van der Waals surface area contributed by atoms with Crippen molar-refractivity contribution in [3.05, 3.63) is 57.0 Å². The minimum Gasteiger partial charge on any atom is -0.490 e. The van der Waals surface area contributed by atoms with Crippen LogP contribution in [0.25, 0.3) is 0 Å². The molecule has 0 spiro atoms. The molecule has 0 aliphatic heterocycles. The lowest BCUT2D eigenvalue weighted by Crippen LogP contribution is -2.10. The number of aryl methyl sites for hydroxylation is 1. The van der Waals surface area contributed by atoms with Gasteiger partial charge in [-0.1, -0.05) is 17.7 Å². The number of rotatable bonds is 7. The van der Waals surface area contributed by atoms with Crippen LogP contribution in [0.15, 0.2) is 40.9 Å². The highest BCUT2D eigenvalue weighted by atomic mass is 79.9. The third-order valence-electron chi connectivity index (χ3n) is 3.12. The Labute approximate surface area is 144 Å². The largest absolute Gasteiger partial charge is 0.490 e. The number of hydrogen-bond acceptors (Lipinski definition) is 3. The van der Waals surface area contributed by atoms with Gasteiger partial charge >= 0.3 is 0 Å². The van der Waals surface area contributed by atoms with Gasteiger partial charge in [-0.15, -0.1) is 0 Å². The first-order valence-corrected chi connectivity index (χ1v) is 8.22. The summed E-state index contributed by atoms with van der Waals surface area (Å²) in [5.74, 6) is 1.62. The monoisotopic (exact) mass is 383 g/mol. The van der Waals surface area contributed by atoms with Gasteiger partial charge in [0.15, 0.2) is 0 Å². The summed E-state index contributed by atoms with van der Waals surface area (Å²) >= 11 is 9.51. The average molecular weight is 385 g/mol. The van der Waals surface area contributed by atoms with Crippen LogP contribution in [0.4, 0.5) is 0 Å². The molecule has 0 aromatic heterocycles. The Morgan fingerprint density at radius 1 is 1.09 bits per heavy atom. The molecule has 0 bridgehead atoms. The van der Waals surface area contributed by atoms with E-state index in [1.165, 1.54) is 5.56 Å². The molecular weight excluding hydrogens is 366 g/mol. The van der Waals surface area contributed by atoms with Crippen LogP contribution in [0, 0.1) is 6.92 Å². The summed E-state index contributed by atoms with van der Waals surface area (Å²) in [6.45, 7) is 3.74. The molecular formula is C17H19BrClNO2. The van der Waals surface area contributed by atoms with Crippen LogP contribution >= 0.6 is 27.5 Å². The molecule has 3 nitrogen and oxygen atoms in total. The van der Waals surface area contributed by atoms with Crippen LogP contribution < -0.4 is 14.8 Å². The smallest absolute Gasteiger partial charge is 0.133 e. The van der Waals surface area contributed by atoms with E-state index in [0.717, 1.165) is 33.1 Å². The Morgan fingerprint density at radius 3 is 2.55 bits per heavy atom. The van der Waals surface area contributed by atoms with Crippen LogP contribution in [0.1, 0.15) is 11.1 Å². The van der Waals surface area contributed by atoms with Gasteiger partial charge in [-0.05, 0) is 71.4 Å². The highest BCUT2D eigenvalue weighted by Crippen LogP contribution is 2.26. The van der Waals surface area contributed by atoms with Crippen molar-refractivity contribution in [3.8, 4) is 11.5 Å². The van der Waals surface area contributed by atoms with Crippen LogP contribution in [0.3, 0.4) is 0 Å². The molecule has 0 atom stereocenters. The predicted octanol–water partition coefficient (Wildman–Crippen LogP) is 4.59. The summed E-state index contributed by atoms with van der Waals surface area (Å²) in [5, 5.41) is 3.86. The highest BCUT2D eigenvalue weighted by molar-refractivity contribution is 9.10. The number of nitrogens with one attached hydrogen (secondary N) is 1. The molecule has 22 heavy (non-hydrogen) atoms. The molecule has 2 aromatic carbocycles. The maximum atomic E-state index is 5.98. The predicted molar refractivity (Wildman–Crippen MR) is 94.1 cm³/mol. The Bertz CT molecular complexity index is 634. The molecule has 1 N–H and O–H groups in total. The topological polar surface area (TPSA) is 30.5 Å². The molecule has 0 aliphatic carbocycles. The van der Waals surface area contributed by atoms with Crippen LogP contribution in [-0.4, -0.2) is 20.3 Å². The lowest BCUT2D eigenvalue weighted by atomic mass is 10.2. The molecule has 0 radical (unpaired) electrons. The van der Waals surface area contributed by atoms with Gasteiger partial charge in [-0.3, -0.25) is 0 Å². The van der Waals surface area contributed by atoms with E-state index in [0.29, 0.717) is 13.2 Å². The molecule has 0 amide bonds. The molecule has 0 aliphatic rings. The zero-order chi connectivity index (χ0) is 15.9. The number of hydrogen-bond donors (Lipinski definition) is 1.